The molecule has 0 saturated heterocycles. The molecule has 0 radical (unpaired) electrons. The van der Waals surface area contributed by atoms with Gasteiger partial charge in [-0.2, -0.15) is 5.10 Å². The molecule has 5 nitrogen and oxygen atoms in total. The lowest BCUT2D eigenvalue weighted by Crippen LogP contribution is -2.03. The van der Waals surface area contributed by atoms with Gasteiger partial charge in [-0.1, -0.05) is 18.2 Å². The number of rotatable bonds is 5. The predicted octanol–water partition coefficient (Wildman–Crippen LogP) is 3.34. The minimum absolute atomic E-state index is 0.291. The minimum atomic E-state index is -3.19. The summed E-state index contributed by atoms with van der Waals surface area (Å²) < 4.78 is 31.0. The first-order valence-corrected chi connectivity index (χ1v) is 10.5. The van der Waals surface area contributed by atoms with E-state index in [0.29, 0.717) is 17.3 Å². The van der Waals surface area contributed by atoms with Gasteiger partial charge in [-0.25, -0.2) is 13.1 Å². The molecule has 2 aromatic carbocycles. The largest absolute Gasteiger partial charge is 0.487 e. The zero-order chi connectivity index (χ0) is 18.1. The van der Waals surface area contributed by atoms with E-state index >= 15 is 0 Å². The van der Waals surface area contributed by atoms with Crippen LogP contribution >= 0.6 is 0 Å². The van der Waals surface area contributed by atoms with Gasteiger partial charge in [-0.15, -0.1) is 0 Å². The number of sulfone groups is 1. The van der Waals surface area contributed by atoms with Gasteiger partial charge in [0.15, 0.2) is 9.84 Å². The first kappa shape index (κ1) is 16.8. The third-order valence-electron chi connectivity index (χ3n) is 4.64. The maximum Gasteiger partial charge on any atom is 0.175 e. The smallest absolute Gasteiger partial charge is 0.175 e. The van der Waals surface area contributed by atoms with Crippen molar-refractivity contribution in [2.45, 2.75) is 30.8 Å². The summed E-state index contributed by atoms with van der Waals surface area (Å²) in [5.74, 6) is 0.637. The van der Waals surface area contributed by atoms with Crippen LogP contribution in [0.1, 0.15) is 23.4 Å². The Morgan fingerprint density at radius 3 is 2.46 bits per heavy atom. The van der Waals surface area contributed by atoms with Crippen molar-refractivity contribution in [2.75, 3.05) is 6.26 Å². The minimum Gasteiger partial charge on any atom is -0.487 e. The molecular formula is C20H20N2O3S. The van der Waals surface area contributed by atoms with E-state index in [2.05, 4.69) is 12.1 Å². The van der Waals surface area contributed by atoms with E-state index in [1.807, 2.05) is 22.9 Å². The van der Waals surface area contributed by atoms with Crippen LogP contribution in [0, 0.1) is 0 Å². The SMILES string of the molecule is CS(=O)(=O)c1ccc(OCc2nn(-c3ccccc3)c3c2CCC3)cc1. The van der Waals surface area contributed by atoms with E-state index in [9.17, 15) is 8.42 Å². The topological polar surface area (TPSA) is 61.2 Å². The van der Waals surface area contributed by atoms with Gasteiger partial charge in [0.25, 0.3) is 0 Å². The van der Waals surface area contributed by atoms with Crippen LogP contribution in [0.15, 0.2) is 59.5 Å². The Hall–Kier alpha value is -2.60. The molecule has 0 unspecified atom stereocenters. The summed E-state index contributed by atoms with van der Waals surface area (Å²) in [6.07, 6.45) is 4.38. The molecule has 0 bridgehead atoms. The highest BCUT2D eigenvalue weighted by molar-refractivity contribution is 7.90. The molecule has 1 aliphatic carbocycles. The predicted molar refractivity (Wildman–Crippen MR) is 99.5 cm³/mol. The van der Waals surface area contributed by atoms with Crippen molar-refractivity contribution in [1.29, 1.82) is 0 Å². The maximum atomic E-state index is 11.5. The maximum absolute atomic E-state index is 11.5. The summed E-state index contributed by atoms with van der Waals surface area (Å²) >= 11 is 0. The Morgan fingerprint density at radius 1 is 1.04 bits per heavy atom. The molecule has 6 heteroatoms. The molecule has 1 heterocycles. The summed E-state index contributed by atoms with van der Waals surface area (Å²) in [4.78, 5) is 0.291. The van der Waals surface area contributed by atoms with Crippen molar-refractivity contribution in [3.8, 4) is 11.4 Å². The Kier molecular flexibility index (Phi) is 4.28. The van der Waals surface area contributed by atoms with Gasteiger partial charge in [0.05, 0.1) is 10.6 Å². The van der Waals surface area contributed by atoms with Crippen molar-refractivity contribution in [1.82, 2.24) is 9.78 Å². The second kappa shape index (κ2) is 6.61. The third-order valence-corrected chi connectivity index (χ3v) is 5.77. The zero-order valence-electron chi connectivity index (χ0n) is 14.6. The van der Waals surface area contributed by atoms with Crippen molar-refractivity contribution >= 4 is 9.84 Å². The van der Waals surface area contributed by atoms with E-state index in [-0.39, 0.29) is 0 Å². The number of hydrogen-bond donors (Lipinski definition) is 0. The first-order chi connectivity index (χ1) is 12.5. The lowest BCUT2D eigenvalue weighted by Gasteiger charge is -2.07. The second-order valence-corrected chi connectivity index (χ2v) is 8.52. The normalized spacial score (nSPS) is 13.6. The van der Waals surface area contributed by atoms with Crippen LogP contribution in [-0.4, -0.2) is 24.5 Å². The van der Waals surface area contributed by atoms with Crippen molar-refractivity contribution in [3.05, 3.63) is 71.5 Å². The summed E-state index contributed by atoms with van der Waals surface area (Å²) in [7, 11) is -3.19. The number of nitrogens with zero attached hydrogens (tertiary/aromatic N) is 2. The summed E-state index contributed by atoms with van der Waals surface area (Å²) in [5.41, 5.74) is 4.56. The molecule has 3 aromatic rings. The third kappa shape index (κ3) is 3.24. The average molecular weight is 368 g/mol. The van der Waals surface area contributed by atoms with E-state index in [1.165, 1.54) is 17.5 Å². The Morgan fingerprint density at radius 2 is 1.77 bits per heavy atom. The highest BCUT2D eigenvalue weighted by Gasteiger charge is 2.23. The van der Waals surface area contributed by atoms with Crippen LogP contribution < -0.4 is 4.74 Å². The molecular weight excluding hydrogens is 348 g/mol. The summed E-state index contributed by atoms with van der Waals surface area (Å²) in [5, 5.41) is 4.77. The van der Waals surface area contributed by atoms with Gasteiger partial charge < -0.3 is 4.74 Å². The van der Waals surface area contributed by atoms with Crippen LogP contribution in [0.2, 0.25) is 0 Å². The van der Waals surface area contributed by atoms with E-state index in [1.54, 1.807) is 24.3 Å². The van der Waals surface area contributed by atoms with Gasteiger partial charge >= 0.3 is 0 Å². The molecule has 26 heavy (non-hydrogen) atoms. The quantitative estimate of drug-likeness (QED) is 0.693. The average Bonchev–Trinajstić information content (AvgIpc) is 3.23. The van der Waals surface area contributed by atoms with Crippen molar-refractivity contribution in [3.63, 3.8) is 0 Å². The molecule has 0 atom stereocenters. The van der Waals surface area contributed by atoms with Crippen molar-refractivity contribution in [2.24, 2.45) is 0 Å². The van der Waals surface area contributed by atoms with Crippen LogP contribution in [0.25, 0.3) is 5.69 Å². The molecule has 1 aliphatic rings. The van der Waals surface area contributed by atoms with Crippen LogP contribution in [-0.2, 0) is 29.3 Å². The van der Waals surface area contributed by atoms with E-state index in [0.717, 1.165) is 30.6 Å². The lowest BCUT2D eigenvalue weighted by molar-refractivity contribution is 0.299. The molecule has 0 aliphatic heterocycles. The fraction of sp³-hybridized carbons (Fsp3) is 0.250. The fourth-order valence-corrected chi connectivity index (χ4v) is 3.98. The van der Waals surface area contributed by atoms with Gasteiger partial charge in [0, 0.05) is 17.5 Å². The first-order valence-electron chi connectivity index (χ1n) is 8.60. The molecule has 4 rings (SSSR count). The van der Waals surface area contributed by atoms with Crippen LogP contribution in [0.5, 0.6) is 5.75 Å². The second-order valence-electron chi connectivity index (χ2n) is 6.51. The molecule has 0 fully saturated rings. The van der Waals surface area contributed by atoms with Gasteiger partial charge in [-0.05, 0) is 55.7 Å². The molecule has 0 amide bonds. The molecule has 0 N–H and O–H groups in total. The number of para-hydroxylation sites is 1. The van der Waals surface area contributed by atoms with Gasteiger partial charge in [0.1, 0.15) is 18.1 Å². The number of fused-ring (bicyclic) bond motifs is 1. The highest BCUT2D eigenvalue weighted by atomic mass is 32.2. The molecule has 0 spiro atoms. The number of benzene rings is 2. The fourth-order valence-electron chi connectivity index (χ4n) is 3.35. The summed E-state index contributed by atoms with van der Waals surface area (Å²) in [6, 6.07) is 16.6. The van der Waals surface area contributed by atoms with E-state index in [4.69, 9.17) is 9.84 Å². The van der Waals surface area contributed by atoms with Crippen LogP contribution in [0.4, 0.5) is 0 Å². The lowest BCUT2D eigenvalue weighted by atomic mass is 10.2. The van der Waals surface area contributed by atoms with Crippen LogP contribution in [0.3, 0.4) is 0 Å². The van der Waals surface area contributed by atoms with Gasteiger partial charge in [-0.3, -0.25) is 0 Å². The molecule has 134 valence electrons. The number of ether oxygens (including phenoxy) is 1. The number of aromatic nitrogens is 2. The standard InChI is InChI=1S/C20H20N2O3S/c1-26(23,24)17-12-10-16(11-13-17)25-14-19-18-8-5-9-20(18)22(21-19)15-6-3-2-4-7-15/h2-4,6-7,10-13H,5,8-9,14H2,1H3. The molecule has 1 aromatic heterocycles. The highest BCUT2D eigenvalue weighted by Crippen LogP contribution is 2.28. The Balaban J connectivity index is 1.56. The Labute approximate surface area is 153 Å². The Bertz CT molecular complexity index is 1020. The van der Waals surface area contributed by atoms with Gasteiger partial charge in [0.2, 0.25) is 0 Å². The zero-order valence-corrected chi connectivity index (χ0v) is 15.4. The summed E-state index contributed by atoms with van der Waals surface area (Å²) in [6.45, 7) is 0.375. The molecule has 0 saturated carbocycles. The monoisotopic (exact) mass is 368 g/mol. The number of hydrogen-bond acceptors (Lipinski definition) is 4. The van der Waals surface area contributed by atoms with Crippen molar-refractivity contribution < 1.29 is 13.2 Å². The van der Waals surface area contributed by atoms with E-state index < -0.39 is 9.84 Å².